The van der Waals surface area contributed by atoms with Gasteiger partial charge in [0.15, 0.2) is 0 Å². The number of amides is 1. The van der Waals surface area contributed by atoms with Crippen LogP contribution < -0.4 is 9.64 Å². The van der Waals surface area contributed by atoms with E-state index in [1.165, 1.54) is 5.69 Å². The molecular formula is C18H26N2O3. The molecule has 2 saturated heterocycles. The normalized spacial score (nSPS) is 22.0. The van der Waals surface area contributed by atoms with E-state index in [1.54, 1.807) is 7.11 Å². The second kappa shape index (κ2) is 7.68. The Balaban J connectivity index is 1.48. The number of hydrogen-bond donors (Lipinski definition) is 0. The monoisotopic (exact) mass is 318 g/mol. The van der Waals surface area contributed by atoms with Gasteiger partial charge in [0, 0.05) is 51.5 Å². The van der Waals surface area contributed by atoms with Gasteiger partial charge in [-0.3, -0.25) is 4.79 Å². The molecule has 126 valence electrons. The summed E-state index contributed by atoms with van der Waals surface area (Å²) in [5.41, 5.74) is 1.19. The average Bonchev–Trinajstić information content (AvgIpc) is 2.63. The van der Waals surface area contributed by atoms with E-state index >= 15 is 0 Å². The van der Waals surface area contributed by atoms with Gasteiger partial charge in [0.05, 0.1) is 7.11 Å². The first-order valence-electron chi connectivity index (χ1n) is 8.51. The Morgan fingerprint density at radius 3 is 2.57 bits per heavy atom. The first-order chi connectivity index (χ1) is 11.3. The number of carbonyl (C=O) groups excluding carboxylic acids is 1. The van der Waals surface area contributed by atoms with E-state index < -0.39 is 0 Å². The first kappa shape index (κ1) is 16.1. The van der Waals surface area contributed by atoms with E-state index in [9.17, 15) is 4.79 Å². The second-order valence-electron chi connectivity index (χ2n) is 6.35. The Kier molecular flexibility index (Phi) is 5.39. The first-order valence-corrected chi connectivity index (χ1v) is 8.51. The van der Waals surface area contributed by atoms with Gasteiger partial charge in [-0.05, 0) is 43.0 Å². The number of carbonyl (C=O) groups is 1. The summed E-state index contributed by atoms with van der Waals surface area (Å²) in [4.78, 5) is 16.8. The van der Waals surface area contributed by atoms with Crippen molar-refractivity contribution in [2.24, 2.45) is 5.92 Å². The highest BCUT2D eigenvalue weighted by Crippen LogP contribution is 2.22. The van der Waals surface area contributed by atoms with Gasteiger partial charge in [-0.15, -0.1) is 0 Å². The third-order valence-electron chi connectivity index (χ3n) is 4.79. The molecule has 1 atom stereocenters. The van der Waals surface area contributed by atoms with Crippen molar-refractivity contribution in [3.05, 3.63) is 24.3 Å². The van der Waals surface area contributed by atoms with Crippen LogP contribution in [0.3, 0.4) is 0 Å². The van der Waals surface area contributed by atoms with E-state index in [2.05, 4.69) is 17.0 Å². The summed E-state index contributed by atoms with van der Waals surface area (Å²) in [7, 11) is 1.68. The van der Waals surface area contributed by atoms with Gasteiger partial charge in [0.25, 0.3) is 0 Å². The second-order valence-corrected chi connectivity index (χ2v) is 6.35. The van der Waals surface area contributed by atoms with Crippen LogP contribution in [0, 0.1) is 5.92 Å². The Morgan fingerprint density at radius 2 is 1.96 bits per heavy atom. The van der Waals surface area contributed by atoms with E-state index in [-0.39, 0.29) is 5.91 Å². The number of anilines is 1. The summed E-state index contributed by atoms with van der Waals surface area (Å²) in [6, 6.07) is 8.12. The van der Waals surface area contributed by atoms with Crippen molar-refractivity contribution in [1.29, 1.82) is 0 Å². The van der Waals surface area contributed by atoms with Crippen LogP contribution in [0.4, 0.5) is 5.69 Å². The number of rotatable bonds is 4. The Labute approximate surface area is 138 Å². The van der Waals surface area contributed by atoms with Gasteiger partial charge in [-0.2, -0.15) is 0 Å². The lowest BCUT2D eigenvalue weighted by Crippen LogP contribution is -2.49. The van der Waals surface area contributed by atoms with E-state index in [1.807, 2.05) is 17.0 Å². The molecule has 2 fully saturated rings. The maximum absolute atomic E-state index is 12.4. The molecule has 3 rings (SSSR count). The van der Waals surface area contributed by atoms with Gasteiger partial charge in [-0.25, -0.2) is 0 Å². The maximum atomic E-state index is 12.4. The molecule has 0 saturated carbocycles. The fourth-order valence-corrected chi connectivity index (χ4v) is 3.35. The zero-order valence-corrected chi connectivity index (χ0v) is 13.9. The van der Waals surface area contributed by atoms with Crippen molar-refractivity contribution in [2.75, 3.05) is 51.4 Å². The average molecular weight is 318 g/mol. The van der Waals surface area contributed by atoms with E-state index in [0.29, 0.717) is 12.3 Å². The van der Waals surface area contributed by atoms with Crippen molar-refractivity contribution in [3.8, 4) is 5.75 Å². The number of ether oxygens (including phenoxy) is 2. The zero-order chi connectivity index (χ0) is 16.1. The van der Waals surface area contributed by atoms with Crippen LogP contribution in [0.25, 0.3) is 0 Å². The third kappa shape index (κ3) is 4.16. The number of methoxy groups -OCH3 is 1. The van der Waals surface area contributed by atoms with Crippen LogP contribution in [0.5, 0.6) is 5.75 Å². The Morgan fingerprint density at radius 1 is 1.22 bits per heavy atom. The maximum Gasteiger partial charge on any atom is 0.223 e. The highest BCUT2D eigenvalue weighted by molar-refractivity contribution is 5.76. The lowest BCUT2D eigenvalue weighted by molar-refractivity contribution is -0.133. The van der Waals surface area contributed by atoms with Crippen LogP contribution in [0.1, 0.15) is 19.3 Å². The highest BCUT2D eigenvalue weighted by Gasteiger charge is 2.24. The molecule has 2 aliphatic rings. The van der Waals surface area contributed by atoms with Gasteiger partial charge < -0.3 is 19.3 Å². The van der Waals surface area contributed by atoms with E-state index in [0.717, 1.165) is 58.0 Å². The molecule has 1 aromatic carbocycles. The minimum atomic E-state index is 0.287. The predicted molar refractivity (Wildman–Crippen MR) is 89.9 cm³/mol. The third-order valence-corrected chi connectivity index (χ3v) is 4.79. The molecular weight excluding hydrogens is 292 g/mol. The van der Waals surface area contributed by atoms with Gasteiger partial charge >= 0.3 is 0 Å². The molecule has 0 aliphatic carbocycles. The summed E-state index contributed by atoms with van der Waals surface area (Å²) in [6.45, 7) is 4.98. The molecule has 5 heteroatoms. The van der Waals surface area contributed by atoms with Crippen molar-refractivity contribution in [2.45, 2.75) is 19.3 Å². The molecule has 0 N–H and O–H groups in total. The van der Waals surface area contributed by atoms with Crippen LogP contribution >= 0.6 is 0 Å². The molecule has 0 radical (unpaired) electrons. The lowest BCUT2D eigenvalue weighted by atomic mass is 9.98. The van der Waals surface area contributed by atoms with Gasteiger partial charge in [0.1, 0.15) is 5.75 Å². The van der Waals surface area contributed by atoms with Crippen LogP contribution in [0.2, 0.25) is 0 Å². The summed E-state index contributed by atoms with van der Waals surface area (Å²) in [5.74, 6) is 1.57. The number of nitrogens with zero attached hydrogens (tertiary/aromatic N) is 2. The van der Waals surface area contributed by atoms with E-state index in [4.69, 9.17) is 9.47 Å². The van der Waals surface area contributed by atoms with Gasteiger partial charge in [-0.1, -0.05) is 0 Å². The molecule has 2 aliphatic heterocycles. The Hall–Kier alpha value is -1.75. The molecule has 0 spiro atoms. The minimum absolute atomic E-state index is 0.287. The fourth-order valence-electron chi connectivity index (χ4n) is 3.35. The molecule has 1 unspecified atom stereocenters. The number of benzene rings is 1. The summed E-state index contributed by atoms with van der Waals surface area (Å²) < 4.78 is 10.7. The largest absolute Gasteiger partial charge is 0.497 e. The quantitative estimate of drug-likeness (QED) is 0.853. The molecule has 0 bridgehead atoms. The smallest absolute Gasteiger partial charge is 0.223 e. The fraction of sp³-hybridized carbons (Fsp3) is 0.611. The molecule has 23 heavy (non-hydrogen) atoms. The Bertz CT molecular complexity index is 504. The summed E-state index contributed by atoms with van der Waals surface area (Å²) in [5, 5.41) is 0. The molecule has 1 aromatic rings. The molecule has 1 amide bonds. The molecule has 2 heterocycles. The van der Waals surface area contributed by atoms with Crippen LogP contribution in [0.15, 0.2) is 24.3 Å². The highest BCUT2D eigenvalue weighted by atomic mass is 16.5. The lowest BCUT2D eigenvalue weighted by Gasteiger charge is -2.37. The van der Waals surface area contributed by atoms with Crippen LogP contribution in [-0.4, -0.2) is 57.3 Å². The minimum Gasteiger partial charge on any atom is -0.497 e. The number of hydrogen-bond acceptors (Lipinski definition) is 4. The zero-order valence-electron chi connectivity index (χ0n) is 13.9. The standard InChI is InChI=1S/C18H26N2O3/c1-22-17-6-4-16(5-7-17)19-8-10-20(11-9-19)18(21)13-15-3-2-12-23-14-15/h4-7,15H,2-3,8-14H2,1H3. The summed E-state index contributed by atoms with van der Waals surface area (Å²) >= 11 is 0. The number of piperazine rings is 1. The van der Waals surface area contributed by atoms with Crippen molar-refractivity contribution >= 4 is 11.6 Å². The summed E-state index contributed by atoms with van der Waals surface area (Å²) in [6.07, 6.45) is 2.85. The van der Waals surface area contributed by atoms with Gasteiger partial charge in [0.2, 0.25) is 5.91 Å². The van der Waals surface area contributed by atoms with Crippen molar-refractivity contribution < 1.29 is 14.3 Å². The van der Waals surface area contributed by atoms with Crippen molar-refractivity contribution in [1.82, 2.24) is 4.90 Å². The predicted octanol–water partition coefficient (Wildman–Crippen LogP) is 2.16. The van der Waals surface area contributed by atoms with Crippen LogP contribution in [-0.2, 0) is 9.53 Å². The topological polar surface area (TPSA) is 42.0 Å². The van der Waals surface area contributed by atoms with Crippen molar-refractivity contribution in [3.63, 3.8) is 0 Å². The molecule has 5 nitrogen and oxygen atoms in total. The SMILES string of the molecule is COc1ccc(N2CCN(C(=O)CC3CCCOC3)CC2)cc1. The molecule has 0 aromatic heterocycles.